The summed E-state index contributed by atoms with van der Waals surface area (Å²) in [7, 11) is 0. The van der Waals surface area contributed by atoms with Crippen molar-refractivity contribution in [3.05, 3.63) is 71.9 Å². The number of hydrogen-bond donors (Lipinski definition) is 3. The van der Waals surface area contributed by atoms with E-state index in [4.69, 9.17) is 5.73 Å². The van der Waals surface area contributed by atoms with Crippen LogP contribution in [0.3, 0.4) is 0 Å². The largest absolute Gasteiger partial charge is 0.379 e. The highest BCUT2D eigenvalue weighted by Gasteiger charge is 2.32. The minimum Gasteiger partial charge on any atom is -0.379 e. The van der Waals surface area contributed by atoms with Crippen molar-refractivity contribution >= 4 is 28.8 Å². The number of nitrogen functional groups attached to an aromatic ring is 1. The van der Waals surface area contributed by atoms with E-state index in [-0.39, 0.29) is 5.95 Å². The van der Waals surface area contributed by atoms with Gasteiger partial charge in [0.15, 0.2) is 0 Å². The lowest BCUT2D eigenvalue weighted by Crippen LogP contribution is -2.28. The number of nitrogens with two attached hydrogens (primary N) is 1. The first-order valence-corrected chi connectivity index (χ1v) is 10.0. The van der Waals surface area contributed by atoms with Gasteiger partial charge in [-0.05, 0) is 41.8 Å². The maximum Gasteiger partial charge on any atom is 0.220 e. The van der Waals surface area contributed by atoms with Crippen LogP contribution in [0.15, 0.2) is 60.1 Å². The lowest BCUT2D eigenvalue weighted by molar-refractivity contribution is 0.0719. The highest BCUT2D eigenvalue weighted by molar-refractivity contribution is 6.12. The summed E-state index contributed by atoms with van der Waals surface area (Å²) in [5, 5.41) is 12.4. The fourth-order valence-electron chi connectivity index (χ4n) is 3.90. The van der Waals surface area contributed by atoms with Gasteiger partial charge in [0.1, 0.15) is 11.2 Å². The summed E-state index contributed by atoms with van der Waals surface area (Å²) in [6.45, 7) is 2.58. The predicted octanol–water partition coefficient (Wildman–Crippen LogP) is 3.11. The second-order valence-corrected chi connectivity index (χ2v) is 7.42. The van der Waals surface area contributed by atoms with E-state index >= 15 is 0 Å². The molecule has 0 radical (unpaired) electrons. The van der Waals surface area contributed by atoms with Gasteiger partial charge in [-0.15, -0.1) is 0 Å². The molecule has 4 aromatic rings. The molecule has 0 spiro atoms. The van der Waals surface area contributed by atoms with E-state index in [9.17, 15) is 5.11 Å². The molecule has 0 aromatic carbocycles. The van der Waals surface area contributed by atoms with Gasteiger partial charge >= 0.3 is 0 Å². The summed E-state index contributed by atoms with van der Waals surface area (Å²) < 4.78 is 0. The molecule has 0 fully saturated rings. The first kappa shape index (κ1) is 19.1. The van der Waals surface area contributed by atoms with Crippen LogP contribution in [0.1, 0.15) is 30.2 Å². The summed E-state index contributed by atoms with van der Waals surface area (Å²) in [5.74, 6) is 0.0949. The fraction of sp³-hybridized carbons (Fsp3) is 0.174. The number of aliphatic imine (C=N–C) groups is 1. The second kappa shape index (κ2) is 7.41. The zero-order chi connectivity index (χ0) is 21.4. The van der Waals surface area contributed by atoms with E-state index < -0.39 is 5.60 Å². The smallest absolute Gasteiger partial charge is 0.220 e. The molecular formula is C23H21N7O. The molecule has 4 N–H and O–H groups in total. The topological polar surface area (TPSA) is 126 Å². The van der Waals surface area contributed by atoms with Crippen molar-refractivity contribution < 1.29 is 5.11 Å². The van der Waals surface area contributed by atoms with Crippen molar-refractivity contribution in [1.29, 1.82) is 0 Å². The predicted molar refractivity (Wildman–Crippen MR) is 120 cm³/mol. The van der Waals surface area contributed by atoms with Crippen LogP contribution in [0.5, 0.6) is 0 Å². The van der Waals surface area contributed by atoms with Gasteiger partial charge in [-0.25, -0.2) is 15.0 Å². The Kier molecular flexibility index (Phi) is 4.56. The standard InChI is InChI=1S/C23H21N7O/c1-2-23(31,16-4-7-25-8-5-16)20-10-19(29-22(24)30-20)18-13-28-21-17(18)9-15(12-27-21)14-3-6-26-11-14/h3-5,7-13,31H,2,6H2,1H3,(H,27,28)(H2,24,29,30). The van der Waals surface area contributed by atoms with E-state index in [1.54, 1.807) is 30.6 Å². The molecule has 5 rings (SSSR count). The summed E-state index contributed by atoms with van der Waals surface area (Å²) in [5.41, 5.74) is 10.1. The molecule has 5 heterocycles. The van der Waals surface area contributed by atoms with Gasteiger partial charge in [0.2, 0.25) is 5.95 Å². The van der Waals surface area contributed by atoms with Crippen molar-refractivity contribution in [2.45, 2.75) is 18.9 Å². The van der Waals surface area contributed by atoms with Crippen molar-refractivity contribution in [1.82, 2.24) is 24.9 Å². The van der Waals surface area contributed by atoms with Crippen LogP contribution in [0, 0.1) is 0 Å². The number of allylic oxidation sites excluding steroid dienone is 1. The maximum absolute atomic E-state index is 11.5. The Morgan fingerprint density at radius 2 is 2.03 bits per heavy atom. The highest BCUT2D eigenvalue weighted by Crippen LogP contribution is 2.35. The molecule has 0 amide bonds. The number of H-pyrrole nitrogens is 1. The second-order valence-electron chi connectivity index (χ2n) is 7.42. The van der Waals surface area contributed by atoms with Gasteiger partial charge in [0.05, 0.1) is 17.9 Å². The fourth-order valence-corrected chi connectivity index (χ4v) is 3.90. The van der Waals surface area contributed by atoms with Crippen LogP contribution in [-0.4, -0.2) is 42.8 Å². The van der Waals surface area contributed by atoms with Crippen molar-refractivity contribution in [3.63, 3.8) is 0 Å². The summed E-state index contributed by atoms with van der Waals surface area (Å²) in [6, 6.07) is 7.40. The Morgan fingerprint density at radius 3 is 2.77 bits per heavy atom. The Morgan fingerprint density at radius 1 is 1.19 bits per heavy atom. The molecule has 1 aliphatic heterocycles. The number of rotatable bonds is 5. The number of hydrogen-bond acceptors (Lipinski definition) is 7. The number of aromatic amines is 1. The van der Waals surface area contributed by atoms with Crippen LogP contribution < -0.4 is 5.73 Å². The maximum atomic E-state index is 11.5. The zero-order valence-corrected chi connectivity index (χ0v) is 16.9. The van der Waals surface area contributed by atoms with E-state index in [1.807, 2.05) is 25.5 Å². The Balaban J connectivity index is 1.65. The summed E-state index contributed by atoms with van der Waals surface area (Å²) in [4.78, 5) is 24.8. The van der Waals surface area contributed by atoms with Gasteiger partial charge in [-0.1, -0.05) is 13.0 Å². The van der Waals surface area contributed by atoms with E-state index in [2.05, 4.69) is 42.1 Å². The Hall–Kier alpha value is -3.91. The van der Waals surface area contributed by atoms with Gasteiger partial charge in [-0.3, -0.25) is 9.98 Å². The molecule has 8 nitrogen and oxygen atoms in total. The minimum absolute atomic E-state index is 0.0949. The van der Waals surface area contributed by atoms with Crippen LogP contribution in [0.2, 0.25) is 0 Å². The minimum atomic E-state index is -1.31. The number of nitrogens with zero attached hydrogens (tertiary/aromatic N) is 5. The first-order valence-electron chi connectivity index (χ1n) is 10.0. The monoisotopic (exact) mass is 411 g/mol. The van der Waals surface area contributed by atoms with Crippen molar-refractivity contribution in [2.24, 2.45) is 4.99 Å². The molecule has 4 aromatic heterocycles. The van der Waals surface area contributed by atoms with E-state index in [1.165, 1.54) is 0 Å². The molecule has 0 saturated heterocycles. The molecule has 1 atom stereocenters. The van der Waals surface area contributed by atoms with Gasteiger partial charge in [0, 0.05) is 47.5 Å². The lowest BCUT2D eigenvalue weighted by Gasteiger charge is -2.27. The molecule has 0 aliphatic carbocycles. The third-order valence-corrected chi connectivity index (χ3v) is 5.62. The van der Waals surface area contributed by atoms with Gasteiger partial charge in [0.25, 0.3) is 0 Å². The molecule has 8 heteroatoms. The molecule has 1 unspecified atom stereocenters. The zero-order valence-electron chi connectivity index (χ0n) is 16.9. The highest BCUT2D eigenvalue weighted by atomic mass is 16.3. The van der Waals surface area contributed by atoms with Crippen molar-refractivity contribution in [3.8, 4) is 11.3 Å². The van der Waals surface area contributed by atoms with Crippen LogP contribution in [0.4, 0.5) is 5.95 Å². The van der Waals surface area contributed by atoms with Crippen molar-refractivity contribution in [2.75, 3.05) is 12.3 Å². The molecule has 154 valence electrons. The lowest BCUT2D eigenvalue weighted by atomic mass is 9.87. The van der Waals surface area contributed by atoms with Crippen LogP contribution >= 0.6 is 0 Å². The number of aromatic nitrogens is 5. The van der Waals surface area contributed by atoms with E-state index in [0.717, 1.165) is 27.7 Å². The number of pyridine rings is 2. The molecule has 31 heavy (non-hydrogen) atoms. The number of aliphatic hydroxyl groups is 1. The Labute approximate surface area is 178 Å². The summed E-state index contributed by atoms with van der Waals surface area (Å²) >= 11 is 0. The number of nitrogens with one attached hydrogen (secondary N) is 1. The SMILES string of the molecule is CCC(O)(c1ccncc1)c1cc(-c2c[nH]c3ncc(C4=CCN=C4)cc23)nc(N)n1. The summed E-state index contributed by atoms with van der Waals surface area (Å²) in [6.07, 6.45) is 11.3. The average Bonchev–Trinajstić information content (AvgIpc) is 3.48. The molecule has 0 bridgehead atoms. The van der Waals surface area contributed by atoms with Crippen LogP contribution in [-0.2, 0) is 5.60 Å². The van der Waals surface area contributed by atoms with E-state index in [0.29, 0.717) is 29.9 Å². The third-order valence-electron chi connectivity index (χ3n) is 5.62. The normalized spacial score (nSPS) is 15.2. The number of fused-ring (bicyclic) bond motifs is 1. The number of anilines is 1. The van der Waals surface area contributed by atoms with Gasteiger partial charge < -0.3 is 15.8 Å². The third kappa shape index (κ3) is 3.27. The molecule has 1 aliphatic rings. The Bertz CT molecular complexity index is 1330. The average molecular weight is 411 g/mol. The van der Waals surface area contributed by atoms with Crippen LogP contribution in [0.25, 0.3) is 27.9 Å². The van der Waals surface area contributed by atoms with Gasteiger partial charge in [-0.2, -0.15) is 0 Å². The quantitative estimate of drug-likeness (QED) is 0.463. The molecule has 0 saturated carbocycles. The first-order chi connectivity index (χ1) is 15.1. The molecular weight excluding hydrogens is 390 g/mol.